The van der Waals surface area contributed by atoms with Crippen LogP contribution in [0, 0.1) is 11.3 Å². The third-order valence-electron chi connectivity index (χ3n) is 1.92. The van der Waals surface area contributed by atoms with Gasteiger partial charge in [0, 0.05) is 0 Å². The van der Waals surface area contributed by atoms with Crippen LogP contribution in [0.3, 0.4) is 0 Å². The zero-order chi connectivity index (χ0) is 11.5. The van der Waals surface area contributed by atoms with Crippen molar-refractivity contribution in [2.45, 2.75) is 6.54 Å². The molecule has 0 bridgehead atoms. The quantitative estimate of drug-likeness (QED) is 0.803. The molecule has 2 heterocycles. The summed E-state index contributed by atoms with van der Waals surface area (Å²) in [6.07, 6.45) is 2.63. The zero-order valence-electron chi connectivity index (χ0n) is 7.99. The lowest BCUT2D eigenvalue weighted by atomic mass is 10.2. The molecular weight excluding hydrogens is 212 g/mol. The molecule has 0 spiro atoms. The minimum absolute atomic E-state index is 0.0310. The average Bonchev–Trinajstić information content (AvgIpc) is 2.87. The molecule has 7 heteroatoms. The van der Waals surface area contributed by atoms with Crippen molar-refractivity contribution in [3.05, 3.63) is 35.8 Å². The molecule has 0 aliphatic rings. The van der Waals surface area contributed by atoms with E-state index in [-0.39, 0.29) is 23.7 Å². The van der Waals surface area contributed by atoms with Crippen molar-refractivity contribution < 1.29 is 14.3 Å². The maximum atomic E-state index is 10.8. The minimum Gasteiger partial charge on any atom is -0.478 e. The van der Waals surface area contributed by atoms with Crippen LogP contribution in [-0.2, 0) is 6.54 Å². The van der Waals surface area contributed by atoms with Crippen LogP contribution in [0.5, 0.6) is 0 Å². The summed E-state index contributed by atoms with van der Waals surface area (Å²) in [6.45, 7) is 0.128. The number of aromatic carboxylic acids is 1. The van der Waals surface area contributed by atoms with E-state index in [9.17, 15) is 4.79 Å². The maximum Gasteiger partial charge on any atom is 0.339 e. The second-order valence-corrected chi connectivity index (χ2v) is 2.94. The Morgan fingerprint density at radius 3 is 3.12 bits per heavy atom. The van der Waals surface area contributed by atoms with Gasteiger partial charge < -0.3 is 9.52 Å². The Morgan fingerprint density at radius 1 is 1.69 bits per heavy atom. The number of carbonyl (C=O) groups is 1. The number of nitriles is 1. The Morgan fingerprint density at radius 2 is 2.50 bits per heavy atom. The summed E-state index contributed by atoms with van der Waals surface area (Å²) in [6, 6.07) is 3.14. The van der Waals surface area contributed by atoms with Gasteiger partial charge in [0.15, 0.2) is 0 Å². The molecule has 2 aromatic heterocycles. The third kappa shape index (κ3) is 1.76. The number of aromatic nitrogens is 3. The van der Waals surface area contributed by atoms with Gasteiger partial charge in [0.25, 0.3) is 5.82 Å². The van der Waals surface area contributed by atoms with E-state index in [2.05, 4.69) is 10.1 Å². The van der Waals surface area contributed by atoms with E-state index in [1.807, 2.05) is 0 Å². The summed E-state index contributed by atoms with van der Waals surface area (Å²) in [5.41, 5.74) is 0.0778. The lowest BCUT2D eigenvalue weighted by Gasteiger charge is -1.97. The molecule has 0 aliphatic carbocycles. The molecule has 0 saturated carbocycles. The highest BCUT2D eigenvalue weighted by Crippen LogP contribution is 2.11. The van der Waals surface area contributed by atoms with Crippen LogP contribution in [0.25, 0.3) is 0 Å². The molecule has 0 unspecified atom stereocenters. The molecule has 0 atom stereocenters. The van der Waals surface area contributed by atoms with Crippen molar-refractivity contribution in [3.63, 3.8) is 0 Å². The molecule has 0 saturated heterocycles. The van der Waals surface area contributed by atoms with E-state index < -0.39 is 5.97 Å². The number of furan rings is 1. The summed E-state index contributed by atoms with van der Waals surface area (Å²) >= 11 is 0. The third-order valence-corrected chi connectivity index (χ3v) is 1.92. The van der Waals surface area contributed by atoms with Gasteiger partial charge in [0.1, 0.15) is 30.3 Å². The molecule has 2 aromatic rings. The largest absolute Gasteiger partial charge is 0.478 e. The van der Waals surface area contributed by atoms with Gasteiger partial charge in [-0.2, -0.15) is 5.26 Å². The van der Waals surface area contributed by atoms with Gasteiger partial charge in [-0.25, -0.2) is 14.5 Å². The first kappa shape index (κ1) is 9.92. The van der Waals surface area contributed by atoms with E-state index in [0.29, 0.717) is 0 Å². The van der Waals surface area contributed by atoms with Gasteiger partial charge in [-0.05, 0) is 6.07 Å². The first-order chi connectivity index (χ1) is 7.70. The molecule has 1 N–H and O–H groups in total. The predicted octanol–water partition coefficient (Wildman–Crippen LogP) is 0.489. The molecule has 7 nitrogen and oxygen atoms in total. The maximum absolute atomic E-state index is 10.8. The fourth-order valence-electron chi connectivity index (χ4n) is 1.22. The van der Waals surface area contributed by atoms with E-state index in [0.717, 1.165) is 0 Å². The SMILES string of the molecule is N#Cc1ncn(Cc2occc2C(=O)O)n1. The Labute approximate surface area is 89.6 Å². The highest BCUT2D eigenvalue weighted by molar-refractivity contribution is 5.88. The molecular formula is C9H6N4O3. The monoisotopic (exact) mass is 218 g/mol. The van der Waals surface area contributed by atoms with Crippen LogP contribution in [0.2, 0.25) is 0 Å². The Kier molecular flexibility index (Phi) is 2.39. The second-order valence-electron chi connectivity index (χ2n) is 2.94. The number of nitrogens with zero attached hydrogens (tertiary/aromatic N) is 4. The lowest BCUT2D eigenvalue weighted by molar-refractivity contribution is 0.0694. The predicted molar refractivity (Wildman–Crippen MR) is 49.5 cm³/mol. The highest BCUT2D eigenvalue weighted by atomic mass is 16.4. The van der Waals surface area contributed by atoms with Gasteiger partial charge in [-0.15, -0.1) is 5.10 Å². The average molecular weight is 218 g/mol. The molecule has 2 rings (SSSR count). The van der Waals surface area contributed by atoms with Crippen molar-refractivity contribution in [2.24, 2.45) is 0 Å². The van der Waals surface area contributed by atoms with E-state index in [1.165, 1.54) is 23.3 Å². The van der Waals surface area contributed by atoms with Crippen LogP contribution in [0.1, 0.15) is 21.9 Å². The number of hydrogen-bond acceptors (Lipinski definition) is 5. The summed E-state index contributed by atoms with van der Waals surface area (Å²) in [5.74, 6) is -0.769. The first-order valence-electron chi connectivity index (χ1n) is 4.30. The highest BCUT2D eigenvalue weighted by Gasteiger charge is 2.14. The number of carboxylic acid groups (broad SMARTS) is 1. The van der Waals surface area contributed by atoms with E-state index >= 15 is 0 Å². The van der Waals surface area contributed by atoms with Gasteiger partial charge in [-0.1, -0.05) is 0 Å². The zero-order valence-corrected chi connectivity index (χ0v) is 7.99. The molecule has 0 aromatic carbocycles. The van der Waals surface area contributed by atoms with Crippen molar-refractivity contribution in [3.8, 4) is 6.07 Å². The minimum atomic E-state index is -1.07. The molecule has 0 fully saturated rings. The van der Waals surface area contributed by atoms with E-state index in [4.69, 9.17) is 14.8 Å². The van der Waals surface area contributed by atoms with Crippen molar-refractivity contribution in [2.75, 3.05) is 0 Å². The normalized spacial score (nSPS) is 9.94. The molecule has 0 aliphatic heterocycles. The van der Waals surface area contributed by atoms with Gasteiger partial charge in [0.05, 0.1) is 6.26 Å². The smallest absolute Gasteiger partial charge is 0.339 e. The molecule has 0 amide bonds. The van der Waals surface area contributed by atoms with Gasteiger partial charge in [-0.3, -0.25) is 0 Å². The lowest BCUT2D eigenvalue weighted by Crippen LogP contribution is -2.05. The summed E-state index contributed by atoms with van der Waals surface area (Å²) in [4.78, 5) is 14.5. The molecule has 80 valence electrons. The first-order valence-corrected chi connectivity index (χ1v) is 4.30. The Balaban J connectivity index is 2.24. The van der Waals surface area contributed by atoms with Crippen LogP contribution < -0.4 is 0 Å². The fourth-order valence-corrected chi connectivity index (χ4v) is 1.22. The van der Waals surface area contributed by atoms with Crippen molar-refractivity contribution in [1.29, 1.82) is 5.26 Å². The van der Waals surface area contributed by atoms with Crippen molar-refractivity contribution in [1.82, 2.24) is 14.8 Å². The van der Waals surface area contributed by atoms with Crippen molar-refractivity contribution >= 4 is 5.97 Å². The molecule has 0 radical (unpaired) electrons. The number of carboxylic acids is 1. The number of rotatable bonds is 3. The Bertz CT molecular complexity index is 563. The standard InChI is InChI=1S/C9H6N4O3/c10-3-8-11-5-13(12-8)4-7-6(9(14)15)1-2-16-7/h1-2,5H,4H2,(H,14,15). The van der Waals surface area contributed by atoms with Crippen LogP contribution >= 0.6 is 0 Å². The number of hydrogen-bond donors (Lipinski definition) is 1. The van der Waals surface area contributed by atoms with Crippen LogP contribution in [0.4, 0.5) is 0 Å². The molecule has 16 heavy (non-hydrogen) atoms. The topological polar surface area (TPSA) is 105 Å². The van der Waals surface area contributed by atoms with Gasteiger partial charge >= 0.3 is 5.97 Å². The summed E-state index contributed by atoms with van der Waals surface area (Å²) in [5, 5.41) is 21.1. The summed E-state index contributed by atoms with van der Waals surface area (Å²) < 4.78 is 6.36. The fraction of sp³-hybridized carbons (Fsp3) is 0.111. The van der Waals surface area contributed by atoms with E-state index in [1.54, 1.807) is 6.07 Å². The van der Waals surface area contributed by atoms with Crippen LogP contribution in [0.15, 0.2) is 23.1 Å². The summed E-state index contributed by atoms with van der Waals surface area (Å²) in [7, 11) is 0. The Hall–Kier alpha value is -2.62. The van der Waals surface area contributed by atoms with Crippen LogP contribution in [-0.4, -0.2) is 25.8 Å². The second kappa shape index (κ2) is 3.86. The van der Waals surface area contributed by atoms with Gasteiger partial charge in [0.2, 0.25) is 0 Å².